The van der Waals surface area contributed by atoms with Crippen molar-refractivity contribution in [3.63, 3.8) is 0 Å². The summed E-state index contributed by atoms with van der Waals surface area (Å²) in [5.41, 5.74) is 5.86. The normalized spacial score (nSPS) is 21.0. The van der Waals surface area contributed by atoms with Crippen LogP contribution < -0.4 is 15.0 Å². The van der Waals surface area contributed by atoms with Gasteiger partial charge in [0.25, 0.3) is 0 Å². The number of nitrogens with zero attached hydrogens (tertiary/aromatic N) is 3. The second-order valence-corrected chi connectivity index (χ2v) is 8.48. The van der Waals surface area contributed by atoms with Crippen LogP contribution in [-0.2, 0) is 0 Å². The zero-order valence-corrected chi connectivity index (χ0v) is 18.3. The van der Waals surface area contributed by atoms with Crippen molar-refractivity contribution >= 4 is 23.0 Å². The van der Waals surface area contributed by atoms with Gasteiger partial charge in [-0.05, 0) is 74.8 Å². The molecule has 1 N–H and O–H groups in total. The molecule has 5 nitrogen and oxygen atoms in total. The zero-order chi connectivity index (χ0) is 20.8. The number of hydrogen-bond donors (Lipinski definition) is 1. The van der Waals surface area contributed by atoms with E-state index in [0.717, 1.165) is 17.1 Å². The van der Waals surface area contributed by atoms with Gasteiger partial charge in [0.15, 0.2) is 5.11 Å². The fraction of sp³-hybridized carbons (Fsp3) is 0.333. The largest absolute Gasteiger partial charge is 0.495 e. The highest BCUT2D eigenvalue weighted by atomic mass is 32.1. The molecule has 2 aromatic heterocycles. The van der Waals surface area contributed by atoms with Gasteiger partial charge < -0.3 is 19.5 Å². The Labute approximate surface area is 182 Å². The summed E-state index contributed by atoms with van der Waals surface area (Å²) in [7, 11) is 1.70. The van der Waals surface area contributed by atoms with Gasteiger partial charge in [-0.15, -0.1) is 0 Å². The number of aryl methyl sites for hydroxylation is 1. The molecule has 2 fully saturated rings. The summed E-state index contributed by atoms with van der Waals surface area (Å²) >= 11 is 5.86. The molecule has 3 aromatic rings. The van der Waals surface area contributed by atoms with Gasteiger partial charge in [0.2, 0.25) is 0 Å². The zero-order valence-electron chi connectivity index (χ0n) is 17.5. The van der Waals surface area contributed by atoms with Crippen LogP contribution in [0.4, 0.5) is 5.69 Å². The highest BCUT2D eigenvalue weighted by Crippen LogP contribution is 2.47. The molecule has 1 aromatic carbocycles. The third-order valence-electron chi connectivity index (χ3n) is 6.20. The molecular formula is C24H26N4OS. The first-order valence-corrected chi connectivity index (χ1v) is 10.8. The molecule has 1 saturated heterocycles. The molecule has 154 valence electrons. The van der Waals surface area contributed by atoms with Gasteiger partial charge in [-0.1, -0.05) is 18.2 Å². The van der Waals surface area contributed by atoms with E-state index in [-0.39, 0.29) is 12.1 Å². The number of nitrogens with one attached hydrogen (secondary N) is 1. The third kappa shape index (κ3) is 3.06. The Morgan fingerprint density at radius 1 is 1.10 bits per heavy atom. The van der Waals surface area contributed by atoms with Gasteiger partial charge in [-0.25, -0.2) is 0 Å². The Kier molecular flexibility index (Phi) is 4.74. The van der Waals surface area contributed by atoms with Crippen molar-refractivity contribution < 1.29 is 4.74 Å². The molecule has 0 amide bonds. The average Bonchev–Trinajstić information content (AvgIpc) is 3.48. The van der Waals surface area contributed by atoms with Crippen LogP contribution >= 0.6 is 12.2 Å². The predicted octanol–water partition coefficient (Wildman–Crippen LogP) is 5.02. The first kappa shape index (κ1) is 19.1. The molecule has 1 aliphatic carbocycles. The molecule has 1 saturated carbocycles. The van der Waals surface area contributed by atoms with Gasteiger partial charge in [0.05, 0.1) is 30.6 Å². The lowest BCUT2D eigenvalue weighted by Crippen LogP contribution is -2.30. The quantitative estimate of drug-likeness (QED) is 0.589. The van der Waals surface area contributed by atoms with E-state index in [1.165, 1.54) is 29.8 Å². The second-order valence-electron chi connectivity index (χ2n) is 8.10. The molecular weight excluding hydrogens is 392 g/mol. The van der Waals surface area contributed by atoms with Crippen LogP contribution in [0.15, 0.2) is 54.7 Å². The fourth-order valence-electron chi connectivity index (χ4n) is 4.76. The predicted molar refractivity (Wildman–Crippen MR) is 123 cm³/mol. The van der Waals surface area contributed by atoms with Gasteiger partial charge in [0, 0.05) is 23.6 Å². The molecule has 0 unspecified atom stereocenters. The minimum atomic E-state index is -0.0447. The monoisotopic (exact) mass is 418 g/mol. The number of hydrogen-bond acceptors (Lipinski definition) is 3. The van der Waals surface area contributed by atoms with Crippen LogP contribution in [0.3, 0.4) is 0 Å². The number of methoxy groups -OCH3 is 1. The van der Waals surface area contributed by atoms with Crippen LogP contribution in [0.2, 0.25) is 0 Å². The van der Waals surface area contributed by atoms with E-state index < -0.39 is 0 Å². The van der Waals surface area contributed by atoms with Gasteiger partial charge in [0.1, 0.15) is 5.75 Å². The molecule has 3 heterocycles. The summed E-state index contributed by atoms with van der Waals surface area (Å²) in [6.07, 6.45) is 4.37. The Bertz CT molecular complexity index is 1090. The maximum Gasteiger partial charge on any atom is 0.174 e. The molecule has 2 aliphatic rings. The van der Waals surface area contributed by atoms with Gasteiger partial charge in [-0.2, -0.15) is 0 Å². The fourth-order valence-corrected chi connectivity index (χ4v) is 5.09. The molecule has 2 atom stereocenters. The van der Waals surface area contributed by atoms with Crippen LogP contribution in [-0.4, -0.2) is 21.8 Å². The number of rotatable bonds is 5. The van der Waals surface area contributed by atoms with Crippen molar-refractivity contribution in [3.8, 4) is 5.75 Å². The standard InChI is InChI=1S/C24H26N4OS/c1-15-14-18(16(2)27(15)17-11-12-17)23-22(19-8-6-7-13-25-19)26-24(30)28(23)20-9-4-5-10-21(20)29-3/h4-10,13-14,17,22-23H,11-12H2,1-3H3,(H,26,30)/t22-,23+/m0/s1. The Morgan fingerprint density at radius 3 is 2.57 bits per heavy atom. The van der Waals surface area contributed by atoms with E-state index in [0.29, 0.717) is 11.2 Å². The SMILES string of the molecule is COc1ccccc1N1C(=S)N[C@@H](c2ccccn2)[C@H]1c1cc(C)n(C2CC2)c1C. The lowest BCUT2D eigenvalue weighted by atomic mass is 9.96. The summed E-state index contributed by atoms with van der Waals surface area (Å²) in [6.45, 7) is 4.44. The van der Waals surface area contributed by atoms with Gasteiger partial charge in [-0.3, -0.25) is 4.98 Å². The average molecular weight is 419 g/mol. The number of pyridine rings is 1. The Balaban J connectivity index is 1.68. The maximum absolute atomic E-state index is 5.86. The summed E-state index contributed by atoms with van der Waals surface area (Å²) in [5.74, 6) is 0.810. The molecule has 0 bridgehead atoms. The number of aromatic nitrogens is 2. The highest BCUT2D eigenvalue weighted by Gasteiger charge is 2.43. The number of ether oxygens (including phenoxy) is 1. The van der Waals surface area contributed by atoms with Crippen molar-refractivity contribution in [2.45, 2.75) is 44.8 Å². The number of para-hydroxylation sites is 2. The summed E-state index contributed by atoms with van der Waals surface area (Å²) < 4.78 is 8.18. The smallest absolute Gasteiger partial charge is 0.174 e. The molecule has 6 heteroatoms. The topological polar surface area (TPSA) is 42.3 Å². The number of anilines is 1. The van der Waals surface area contributed by atoms with E-state index in [1.807, 2.05) is 36.5 Å². The van der Waals surface area contributed by atoms with Crippen molar-refractivity contribution in [2.75, 3.05) is 12.0 Å². The highest BCUT2D eigenvalue weighted by molar-refractivity contribution is 7.80. The molecule has 0 radical (unpaired) electrons. The van der Waals surface area contributed by atoms with Crippen LogP contribution in [0.5, 0.6) is 5.75 Å². The molecule has 30 heavy (non-hydrogen) atoms. The first-order chi connectivity index (χ1) is 14.6. The minimum absolute atomic E-state index is 0.0117. The van der Waals surface area contributed by atoms with Crippen molar-refractivity contribution in [3.05, 3.63) is 77.4 Å². The van der Waals surface area contributed by atoms with Crippen molar-refractivity contribution in [1.29, 1.82) is 0 Å². The molecule has 1 aliphatic heterocycles. The second kappa shape index (κ2) is 7.43. The van der Waals surface area contributed by atoms with E-state index in [9.17, 15) is 0 Å². The number of benzene rings is 1. The summed E-state index contributed by atoms with van der Waals surface area (Å²) in [5, 5.41) is 4.24. The van der Waals surface area contributed by atoms with E-state index in [1.54, 1.807) is 7.11 Å². The summed E-state index contributed by atoms with van der Waals surface area (Å²) in [4.78, 5) is 6.86. The lowest BCUT2D eigenvalue weighted by Gasteiger charge is -2.29. The lowest BCUT2D eigenvalue weighted by molar-refractivity contribution is 0.414. The van der Waals surface area contributed by atoms with Crippen LogP contribution in [0.25, 0.3) is 0 Å². The third-order valence-corrected chi connectivity index (χ3v) is 6.51. The molecule has 0 spiro atoms. The van der Waals surface area contributed by atoms with Crippen molar-refractivity contribution in [2.24, 2.45) is 0 Å². The Morgan fingerprint density at radius 2 is 1.87 bits per heavy atom. The van der Waals surface area contributed by atoms with Crippen LogP contribution in [0.1, 0.15) is 53.6 Å². The summed E-state index contributed by atoms with van der Waals surface area (Å²) in [6, 6.07) is 17.0. The van der Waals surface area contributed by atoms with Gasteiger partial charge >= 0.3 is 0 Å². The van der Waals surface area contributed by atoms with Crippen LogP contribution in [0, 0.1) is 13.8 Å². The van der Waals surface area contributed by atoms with E-state index in [4.69, 9.17) is 17.0 Å². The number of thiocarbonyl (C=S) groups is 1. The minimum Gasteiger partial charge on any atom is -0.495 e. The Hall–Kier alpha value is -2.86. The maximum atomic E-state index is 5.86. The van der Waals surface area contributed by atoms with E-state index >= 15 is 0 Å². The molecule has 5 rings (SSSR count). The first-order valence-electron chi connectivity index (χ1n) is 10.4. The van der Waals surface area contributed by atoms with E-state index in [2.05, 4.69) is 51.8 Å². The van der Waals surface area contributed by atoms with Crippen molar-refractivity contribution in [1.82, 2.24) is 14.9 Å².